The molecule has 4 aliphatic rings. The lowest BCUT2D eigenvalue weighted by molar-refractivity contribution is -0.131. The number of thiophene rings is 1. The molecule has 0 radical (unpaired) electrons. The first-order valence-electron chi connectivity index (χ1n) is 21.0. The van der Waals surface area contributed by atoms with Crippen molar-refractivity contribution < 1.29 is 29.0 Å². The predicted octanol–water partition coefficient (Wildman–Crippen LogP) is 9.89. The molecule has 6 atom stereocenters. The maximum absolute atomic E-state index is 15.3. The van der Waals surface area contributed by atoms with Crippen LogP contribution in [0.1, 0.15) is 36.8 Å². The molecule has 13 nitrogen and oxygen atoms in total. The number of carbonyl (C=O) groups excluding carboxylic acids is 4. The quantitative estimate of drug-likeness (QED) is 0.0902. The minimum Gasteiger partial charge on any atom is -0.508 e. The van der Waals surface area contributed by atoms with E-state index < -0.39 is 46.8 Å². The minimum atomic E-state index is -1.38. The number of phenols is 1. The standard InChI is InChI=1S/C49H44ClN7O6S/c1-25-35-21-26(50)7-20-40(35)64-44(25)38-24-41(55(5)53-38)57-46(60)37-23-36-32(43(49(37,2)48(57)62)33-17-16-31(63-6)22-39(33)58)18-19-34-42(36)47(61)56(45(34)59)30-14-10-28(11-15-30)52-51-27-8-12-29(13-9-27)54(3)4/h7-18,20-22,24,34,36-37,42-43,58H,19,23H2,1-6H3/t34-,36+,37-,42-,43+,49+/m0/s1. The molecular weight excluding hydrogens is 850 g/mol. The summed E-state index contributed by atoms with van der Waals surface area (Å²) in [7, 11) is 7.13. The summed E-state index contributed by atoms with van der Waals surface area (Å²) >= 11 is 7.90. The number of aryl methyl sites for hydroxylation is 2. The van der Waals surface area contributed by atoms with Gasteiger partial charge in [-0.3, -0.25) is 28.8 Å². The van der Waals surface area contributed by atoms with E-state index in [-0.39, 0.29) is 30.4 Å². The first kappa shape index (κ1) is 41.4. The van der Waals surface area contributed by atoms with Gasteiger partial charge in [0.1, 0.15) is 23.0 Å². The molecule has 3 fully saturated rings. The topological polar surface area (TPSA) is 150 Å². The van der Waals surface area contributed by atoms with Crippen LogP contribution < -0.4 is 19.4 Å². The van der Waals surface area contributed by atoms with Crippen LogP contribution in [0.3, 0.4) is 0 Å². The Morgan fingerprint density at radius 2 is 1.58 bits per heavy atom. The molecule has 64 heavy (non-hydrogen) atoms. The van der Waals surface area contributed by atoms with Crippen molar-refractivity contribution >= 4 is 85.2 Å². The molecule has 10 rings (SSSR count). The Hall–Kier alpha value is -6.64. The summed E-state index contributed by atoms with van der Waals surface area (Å²) in [5.41, 5.74) is 4.09. The van der Waals surface area contributed by atoms with Gasteiger partial charge >= 0.3 is 0 Å². The van der Waals surface area contributed by atoms with Crippen LogP contribution >= 0.6 is 22.9 Å². The molecule has 15 heteroatoms. The maximum atomic E-state index is 15.3. The normalized spacial score (nSPS) is 24.1. The summed E-state index contributed by atoms with van der Waals surface area (Å²) in [6.07, 6.45) is 2.37. The number of amides is 4. The minimum absolute atomic E-state index is 0.104. The number of ether oxygens (including phenoxy) is 1. The summed E-state index contributed by atoms with van der Waals surface area (Å²) in [5, 5.41) is 26.8. The summed E-state index contributed by atoms with van der Waals surface area (Å²) in [6, 6.07) is 26.9. The Kier molecular flexibility index (Phi) is 9.87. The number of benzene rings is 4. The third-order valence-corrected chi connectivity index (χ3v) is 15.3. The van der Waals surface area contributed by atoms with Gasteiger partial charge in [-0.25, -0.2) is 4.90 Å². The summed E-state index contributed by atoms with van der Waals surface area (Å²) in [6.45, 7) is 3.79. The van der Waals surface area contributed by atoms with Gasteiger partial charge in [0.25, 0.3) is 0 Å². The number of halogens is 1. The number of azo groups is 1. The highest BCUT2D eigenvalue weighted by Gasteiger charge is 2.68. The fraction of sp³-hybridized carbons (Fsp3) is 0.286. The number of nitrogens with zero attached hydrogens (tertiary/aromatic N) is 7. The molecule has 2 saturated heterocycles. The Morgan fingerprint density at radius 1 is 0.875 bits per heavy atom. The number of methoxy groups -OCH3 is 1. The highest BCUT2D eigenvalue weighted by molar-refractivity contribution is 7.22. The van der Waals surface area contributed by atoms with Gasteiger partial charge in [0.05, 0.1) is 52.2 Å². The molecule has 2 aliphatic heterocycles. The molecule has 1 N–H and O–H groups in total. The lowest BCUT2D eigenvalue weighted by Crippen LogP contribution is -2.49. The van der Waals surface area contributed by atoms with Crippen molar-refractivity contribution in [3.63, 3.8) is 0 Å². The van der Waals surface area contributed by atoms with E-state index in [1.165, 1.54) is 23.0 Å². The van der Waals surface area contributed by atoms with Gasteiger partial charge in [-0.05, 0) is 116 Å². The molecular formula is C49H44ClN7O6S. The van der Waals surface area contributed by atoms with E-state index in [0.717, 1.165) is 31.8 Å². The largest absolute Gasteiger partial charge is 0.508 e. The van der Waals surface area contributed by atoms with Crippen molar-refractivity contribution in [2.75, 3.05) is 35.9 Å². The number of imide groups is 2. The molecule has 0 bridgehead atoms. The van der Waals surface area contributed by atoms with Crippen LogP contribution in [-0.4, -0.2) is 59.7 Å². The van der Waals surface area contributed by atoms with Gasteiger partial charge in [0, 0.05) is 60.2 Å². The Bertz CT molecular complexity index is 3010. The molecule has 1 saturated carbocycles. The number of aromatic nitrogens is 2. The number of hydrogen-bond donors (Lipinski definition) is 1. The van der Waals surface area contributed by atoms with Gasteiger partial charge in [-0.2, -0.15) is 15.3 Å². The van der Waals surface area contributed by atoms with Crippen LogP contribution in [0.25, 0.3) is 20.7 Å². The second kappa shape index (κ2) is 15.3. The van der Waals surface area contributed by atoms with E-state index in [4.69, 9.17) is 21.4 Å². The average Bonchev–Trinajstić information content (AvgIpc) is 3.96. The van der Waals surface area contributed by atoms with E-state index in [0.29, 0.717) is 44.9 Å². The van der Waals surface area contributed by atoms with E-state index >= 15 is 9.59 Å². The van der Waals surface area contributed by atoms with Crippen molar-refractivity contribution in [1.82, 2.24) is 9.78 Å². The zero-order chi connectivity index (χ0) is 44.9. The van der Waals surface area contributed by atoms with Crippen LogP contribution in [0, 0.1) is 36.0 Å². The molecule has 324 valence electrons. The van der Waals surface area contributed by atoms with E-state index in [9.17, 15) is 14.7 Å². The Morgan fingerprint density at radius 3 is 2.25 bits per heavy atom. The highest BCUT2D eigenvalue weighted by Crippen LogP contribution is 2.64. The molecule has 2 aromatic heterocycles. The van der Waals surface area contributed by atoms with Gasteiger partial charge in [0.15, 0.2) is 0 Å². The van der Waals surface area contributed by atoms with E-state index in [1.807, 2.05) is 74.5 Å². The smallest absolute Gasteiger partial charge is 0.242 e. The Balaban J connectivity index is 0.996. The fourth-order valence-corrected chi connectivity index (χ4v) is 11.9. The fourth-order valence-electron chi connectivity index (χ4n) is 10.5. The van der Waals surface area contributed by atoms with Crippen molar-refractivity contribution in [2.24, 2.45) is 46.4 Å². The zero-order valence-electron chi connectivity index (χ0n) is 35.9. The first-order chi connectivity index (χ1) is 30.7. The highest BCUT2D eigenvalue weighted by atomic mass is 35.5. The van der Waals surface area contributed by atoms with Crippen LogP contribution in [-0.2, 0) is 26.2 Å². The first-order valence-corrected chi connectivity index (χ1v) is 22.2. The van der Waals surface area contributed by atoms with Crippen LogP contribution in [0.4, 0.5) is 28.6 Å². The zero-order valence-corrected chi connectivity index (χ0v) is 37.5. The number of fused-ring (bicyclic) bond motifs is 5. The molecule has 2 aliphatic carbocycles. The average molecular weight is 894 g/mol. The number of rotatable bonds is 8. The van der Waals surface area contributed by atoms with Crippen LogP contribution in [0.5, 0.6) is 11.5 Å². The number of phenolic OH excluding ortho intramolecular Hbond substituents is 1. The second-order valence-electron chi connectivity index (χ2n) is 17.4. The molecule has 6 aromatic rings. The summed E-state index contributed by atoms with van der Waals surface area (Å²) in [4.78, 5) is 64.7. The third-order valence-electron chi connectivity index (χ3n) is 13.8. The third kappa shape index (κ3) is 6.28. The molecule has 4 amide bonds. The molecule has 0 unspecified atom stereocenters. The van der Waals surface area contributed by atoms with Crippen molar-refractivity contribution in [3.8, 4) is 22.1 Å². The van der Waals surface area contributed by atoms with E-state index in [1.54, 1.807) is 72.5 Å². The van der Waals surface area contributed by atoms with Crippen LogP contribution in [0.2, 0.25) is 5.02 Å². The van der Waals surface area contributed by atoms with Crippen LogP contribution in [0.15, 0.2) is 113 Å². The SMILES string of the molecule is COc1ccc([C@H]2C3=CC[C@@H]4C(=O)N(c5ccc(N=Nc6ccc(N(C)C)cc6)cc5)C(=O)[C@@H]4[C@@H]3C[C@H]3C(=O)N(c4cc(-c5sc6ccc(Cl)cc6c5C)nn4C)C(=O)[C@@]23C)c(O)c1. The molecule has 4 heterocycles. The number of carbonyl (C=O) groups is 4. The molecule has 0 spiro atoms. The van der Waals surface area contributed by atoms with Gasteiger partial charge in [0.2, 0.25) is 23.6 Å². The van der Waals surface area contributed by atoms with Crippen molar-refractivity contribution in [3.05, 3.63) is 119 Å². The lowest BCUT2D eigenvalue weighted by atomic mass is 9.51. The van der Waals surface area contributed by atoms with Gasteiger partial charge in [-0.1, -0.05) is 29.3 Å². The van der Waals surface area contributed by atoms with Gasteiger partial charge < -0.3 is 14.7 Å². The second-order valence-corrected chi connectivity index (χ2v) is 18.9. The van der Waals surface area contributed by atoms with Crippen molar-refractivity contribution in [1.29, 1.82) is 0 Å². The number of allylic oxidation sites excluding steroid dienone is 2. The monoisotopic (exact) mass is 893 g/mol. The molecule has 4 aromatic carbocycles. The lowest BCUT2D eigenvalue weighted by Gasteiger charge is -2.49. The summed E-state index contributed by atoms with van der Waals surface area (Å²) in [5.74, 6) is -4.69. The van der Waals surface area contributed by atoms with Crippen molar-refractivity contribution in [2.45, 2.75) is 32.6 Å². The predicted molar refractivity (Wildman–Crippen MR) is 247 cm³/mol. The van der Waals surface area contributed by atoms with E-state index in [2.05, 4.69) is 10.2 Å². The maximum Gasteiger partial charge on any atom is 0.242 e. The Labute approximate surface area is 378 Å². The summed E-state index contributed by atoms with van der Waals surface area (Å²) < 4.78 is 8.01. The number of aromatic hydroxyl groups is 1. The number of hydrogen-bond acceptors (Lipinski definition) is 11. The number of anilines is 3. The van der Waals surface area contributed by atoms with Gasteiger partial charge in [-0.15, -0.1) is 11.3 Å².